The molecule has 0 spiro atoms. The van der Waals surface area contributed by atoms with Crippen LogP contribution in [0.4, 0.5) is 0 Å². The van der Waals surface area contributed by atoms with E-state index in [0.717, 1.165) is 12.2 Å². The minimum Gasteiger partial charge on any atom is -0.483 e. The molecule has 8 heteroatoms. The Hall–Kier alpha value is -2.54. The predicted molar refractivity (Wildman–Crippen MR) is 91.9 cm³/mol. The third-order valence-electron chi connectivity index (χ3n) is 3.88. The second kappa shape index (κ2) is 7.14. The van der Waals surface area contributed by atoms with E-state index in [4.69, 9.17) is 26.0 Å². The molecule has 3 aromatic rings. The summed E-state index contributed by atoms with van der Waals surface area (Å²) in [7, 11) is 0. The molecule has 0 aliphatic rings. The van der Waals surface area contributed by atoms with Gasteiger partial charge in [-0.25, -0.2) is 0 Å². The zero-order valence-electron chi connectivity index (χ0n) is 13.9. The average Bonchev–Trinajstić information content (AvgIpc) is 3.20. The molecular formula is C17H18ClN3O4. The van der Waals surface area contributed by atoms with Gasteiger partial charge < -0.3 is 14.4 Å². The molecule has 0 fully saturated rings. The molecule has 0 amide bonds. The van der Waals surface area contributed by atoms with Crippen molar-refractivity contribution in [1.82, 2.24) is 14.9 Å². The van der Waals surface area contributed by atoms with Gasteiger partial charge in [-0.1, -0.05) is 16.8 Å². The van der Waals surface area contributed by atoms with E-state index in [0.29, 0.717) is 27.4 Å². The minimum atomic E-state index is -0.887. The summed E-state index contributed by atoms with van der Waals surface area (Å²) in [4.78, 5) is 10.7. The summed E-state index contributed by atoms with van der Waals surface area (Å²) in [6.07, 6.45) is 1.88. The van der Waals surface area contributed by atoms with Crippen molar-refractivity contribution in [1.29, 1.82) is 0 Å². The highest BCUT2D eigenvalue weighted by molar-refractivity contribution is 6.32. The summed E-state index contributed by atoms with van der Waals surface area (Å²) in [6, 6.07) is 5.26. The Morgan fingerprint density at radius 3 is 2.96 bits per heavy atom. The first-order chi connectivity index (χ1) is 12.0. The van der Waals surface area contributed by atoms with Gasteiger partial charge >= 0.3 is 5.97 Å². The maximum Gasteiger partial charge on any atom is 0.303 e. The van der Waals surface area contributed by atoms with Crippen molar-refractivity contribution in [3.63, 3.8) is 0 Å². The number of nitrogens with zero attached hydrogens (tertiary/aromatic N) is 3. The number of carboxylic acids is 1. The topological polar surface area (TPSA) is 90.4 Å². The number of fused-ring (bicyclic) bond motifs is 1. The Labute approximate surface area is 149 Å². The van der Waals surface area contributed by atoms with Crippen LogP contribution in [0, 0.1) is 0 Å². The fraction of sp³-hybridized carbons (Fsp3) is 0.353. The van der Waals surface area contributed by atoms with E-state index in [2.05, 4.69) is 10.3 Å². The van der Waals surface area contributed by atoms with Crippen LogP contribution < -0.4 is 4.74 Å². The zero-order valence-corrected chi connectivity index (χ0v) is 14.7. The lowest BCUT2D eigenvalue weighted by molar-refractivity contribution is -0.136. The highest BCUT2D eigenvalue weighted by Crippen LogP contribution is 2.34. The molecule has 0 radical (unpaired) electrons. The Morgan fingerprint density at radius 1 is 1.48 bits per heavy atom. The number of hydrogen-bond acceptors (Lipinski definition) is 5. The number of aliphatic carboxylic acids is 1. The molecule has 0 saturated heterocycles. The molecule has 1 unspecified atom stereocenters. The molecule has 1 N–H and O–H groups in total. The molecule has 0 bridgehead atoms. The third-order valence-corrected chi connectivity index (χ3v) is 4.18. The van der Waals surface area contributed by atoms with Crippen molar-refractivity contribution in [2.45, 2.75) is 39.3 Å². The number of hydrogen-bond donors (Lipinski definition) is 1. The highest BCUT2D eigenvalue weighted by Gasteiger charge is 2.17. The summed E-state index contributed by atoms with van der Waals surface area (Å²) in [5.74, 6) is -0.420. The summed E-state index contributed by atoms with van der Waals surface area (Å²) >= 11 is 6.32. The smallest absolute Gasteiger partial charge is 0.303 e. The molecule has 0 aliphatic carbocycles. The molecule has 0 saturated carbocycles. The van der Waals surface area contributed by atoms with Gasteiger partial charge in [0.25, 0.3) is 0 Å². The average molecular weight is 364 g/mol. The number of carboxylic acid groups (broad SMARTS) is 1. The lowest BCUT2D eigenvalue weighted by Gasteiger charge is -2.13. The number of carbonyl (C=O) groups is 1. The first-order valence-electron chi connectivity index (χ1n) is 7.97. The molecule has 7 nitrogen and oxygen atoms in total. The zero-order chi connectivity index (χ0) is 18.0. The number of benzene rings is 1. The van der Waals surface area contributed by atoms with Crippen molar-refractivity contribution < 1.29 is 19.2 Å². The molecule has 132 valence electrons. The molecule has 0 aliphatic heterocycles. The van der Waals surface area contributed by atoms with Gasteiger partial charge in [-0.15, -0.1) is 0 Å². The van der Waals surface area contributed by atoms with Gasteiger partial charge in [0.2, 0.25) is 0 Å². The van der Waals surface area contributed by atoms with Crippen molar-refractivity contribution in [3.8, 4) is 5.75 Å². The van der Waals surface area contributed by atoms with Crippen LogP contribution in [0.1, 0.15) is 37.8 Å². The van der Waals surface area contributed by atoms with E-state index in [1.807, 2.05) is 30.8 Å². The van der Waals surface area contributed by atoms with Crippen molar-refractivity contribution in [2.75, 3.05) is 0 Å². The Balaban J connectivity index is 1.82. The molecule has 3 rings (SSSR count). The highest BCUT2D eigenvalue weighted by atomic mass is 35.5. The van der Waals surface area contributed by atoms with Crippen molar-refractivity contribution in [3.05, 3.63) is 40.8 Å². The summed E-state index contributed by atoms with van der Waals surface area (Å²) in [6.45, 7) is 4.69. The second-order valence-corrected chi connectivity index (χ2v) is 6.07. The third kappa shape index (κ3) is 3.76. The SMILES string of the molecule is CCn1ccc(C(C)Oc2cc3onc(CCC(=O)O)c3cc2Cl)n1. The van der Waals surface area contributed by atoms with Gasteiger partial charge in [-0.2, -0.15) is 5.10 Å². The fourth-order valence-corrected chi connectivity index (χ4v) is 2.71. The van der Waals surface area contributed by atoms with Crippen LogP contribution in [0.25, 0.3) is 11.0 Å². The molecule has 2 aromatic heterocycles. The molecule has 25 heavy (non-hydrogen) atoms. The Kier molecular flexibility index (Phi) is 4.94. The first-order valence-corrected chi connectivity index (χ1v) is 8.35. The Bertz CT molecular complexity index is 903. The van der Waals surface area contributed by atoms with Crippen LogP contribution in [0.5, 0.6) is 5.75 Å². The molecule has 1 atom stereocenters. The second-order valence-electron chi connectivity index (χ2n) is 5.66. The number of ether oxygens (including phenoxy) is 1. The molecular weight excluding hydrogens is 346 g/mol. The van der Waals surface area contributed by atoms with Crippen molar-refractivity contribution in [2.24, 2.45) is 0 Å². The van der Waals surface area contributed by atoms with Crippen LogP contribution in [0.3, 0.4) is 0 Å². The first kappa shape index (κ1) is 17.3. The van der Waals surface area contributed by atoms with Crippen LogP contribution in [0.15, 0.2) is 28.9 Å². The number of aryl methyl sites for hydroxylation is 2. The van der Waals surface area contributed by atoms with Gasteiger partial charge in [0, 0.05) is 30.6 Å². The van der Waals surface area contributed by atoms with Gasteiger partial charge in [0.15, 0.2) is 5.58 Å². The monoisotopic (exact) mass is 363 g/mol. The molecule has 1 aromatic carbocycles. The minimum absolute atomic E-state index is 0.0192. The van der Waals surface area contributed by atoms with E-state index < -0.39 is 5.97 Å². The van der Waals surface area contributed by atoms with Crippen molar-refractivity contribution >= 4 is 28.5 Å². The van der Waals surface area contributed by atoms with Gasteiger partial charge in [-0.3, -0.25) is 9.48 Å². The summed E-state index contributed by atoms with van der Waals surface area (Å²) < 4.78 is 13.0. The van der Waals surface area contributed by atoms with E-state index in [1.165, 1.54) is 0 Å². The lowest BCUT2D eigenvalue weighted by Crippen LogP contribution is -2.06. The predicted octanol–water partition coefficient (Wildman–Crippen LogP) is 3.85. The van der Waals surface area contributed by atoms with E-state index in [1.54, 1.807) is 12.1 Å². The largest absolute Gasteiger partial charge is 0.483 e. The van der Waals surface area contributed by atoms with Crippen LogP contribution in [-0.2, 0) is 17.8 Å². The summed E-state index contributed by atoms with van der Waals surface area (Å²) in [5.41, 5.74) is 1.88. The van der Waals surface area contributed by atoms with Crippen LogP contribution >= 0.6 is 11.6 Å². The quantitative estimate of drug-likeness (QED) is 0.685. The van der Waals surface area contributed by atoms with Crippen LogP contribution in [-0.4, -0.2) is 26.0 Å². The van der Waals surface area contributed by atoms with Gasteiger partial charge in [-0.05, 0) is 26.0 Å². The fourth-order valence-electron chi connectivity index (χ4n) is 2.51. The van der Waals surface area contributed by atoms with E-state index in [-0.39, 0.29) is 18.9 Å². The molecule has 2 heterocycles. The van der Waals surface area contributed by atoms with Gasteiger partial charge in [0.1, 0.15) is 17.5 Å². The van der Waals surface area contributed by atoms with E-state index in [9.17, 15) is 4.79 Å². The standard InChI is InChI=1S/C17H18ClN3O4/c1-3-21-7-6-13(19-21)10(2)24-16-9-15-11(8-12(16)18)14(20-25-15)4-5-17(22)23/h6-10H,3-5H2,1-2H3,(H,22,23). The normalized spacial score (nSPS) is 12.4. The van der Waals surface area contributed by atoms with E-state index >= 15 is 0 Å². The van der Waals surface area contributed by atoms with Gasteiger partial charge in [0.05, 0.1) is 17.1 Å². The summed E-state index contributed by atoms with van der Waals surface area (Å²) in [5, 5.41) is 18.3. The number of aromatic nitrogens is 3. The maximum atomic E-state index is 10.7. The Morgan fingerprint density at radius 2 is 2.28 bits per heavy atom. The van der Waals surface area contributed by atoms with Crippen LogP contribution in [0.2, 0.25) is 5.02 Å². The maximum absolute atomic E-state index is 10.7. The number of rotatable bonds is 7. The number of halogens is 1. The lowest BCUT2D eigenvalue weighted by atomic mass is 10.1.